The normalized spacial score (nSPS) is 22.3. The Kier molecular flexibility index (Phi) is 3.24. The Morgan fingerprint density at radius 1 is 1.00 bits per heavy atom. The third kappa shape index (κ3) is 2.35. The van der Waals surface area contributed by atoms with Gasteiger partial charge in [0.1, 0.15) is 10.6 Å². The van der Waals surface area contributed by atoms with E-state index < -0.39 is 19.8 Å². The van der Waals surface area contributed by atoms with Gasteiger partial charge in [-0.05, 0) is 29.7 Å². The van der Waals surface area contributed by atoms with E-state index in [-0.39, 0.29) is 10.6 Å². The molecule has 2 heterocycles. The van der Waals surface area contributed by atoms with E-state index >= 15 is 0 Å². The molecule has 0 fully saturated rings. The molecule has 23 heavy (non-hydrogen) atoms. The first-order valence-corrected chi connectivity index (χ1v) is 10.5. The van der Waals surface area contributed by atoms with Crippen LogP contribution < -0.4 is 4.74 Å². The lowest BCUT2D eigenvalue weighted by molar-refractivity contribution is 0.348. The van der Waals surface area contributed by atoms with Crippen molar-refractivity contribution >= 4 is 19.8 Å². The van der Waals surface area contributed by atoms with Gasteiger partial charge >= 0.3 is 0 Å². The van der Waals surface area contributed by atoms with Crippen molar-refractivity contribution in [3.8, 4) is 5.75 Å². The standard InChI is InChI=1S/C16H15NO4S2/c18-22(11-9-12-4-1-2-6-14(12)22)17-23(19,20)15-7-3-5-13-8-10-21-16(13)15/h1-7H,8-11H2. The van der Waals surface area contributed by atoms with Crippen LogP contribution in [0.2, 0.25) is 0 Å². The monoisotopic (exact) mass is 349 g/mol. The number of benzene rings is 2. The summed E-state index contributed by atoms with van der Waals surface area (Å²) < 4.78 is 47.9. The molecule has 4 rings (SSSR count). The second-order valence-corrected chi connectivity index (χ2v) is 9.71. The smallest absolute Gasteiger partial charge is 0.294 e. The number of hydrogen-bond acceptors (Lipinski definition) is 4. The van der Waals surface area contributed by atoms with Gasteiger partial charge in [-0.2, -0.15) is 8.42 Å². The maximum atomic E-state index is 13.1. The SMILES string of the molecule is O=S(=O)(N=S1(=O)CCc2ccccc21)c1cccc2c1OCC2. The minimum atomic E-state index is -4.05. The van der Waals surface area contributed by atoms with Crippen LogP contribution in [0.5, 0.6) is 5.75 Å². The van der Waals surface area contributed by atoms with Gasteiger partial charge in [0, 0.05) is 12.2 Å². The van der Waals surface area contributed by atoms with Crippen molar-refractivity contribution in [1.82, 2.24) is 0 Å². The number of hydrogen-bond donors (Lipinski definition) is 0. The minimum Gasteiger partial charge on any atom is -0.492 e. The Morgan fingerprint density at radius 3 is 2.65 bits per heavy atom. The van der Waals surface area contributed by atoms with Crippen LogP contribution in [0, 0.1) is 0 Å². The molecule has 0 saturated heterocycles. The van der Waals surface area contributed by atoms with Gasteiger partial charge in [-0.15, -0.1) is 3.77 Å². The van der Waals surface area contributed by atoms with Gasteiger partial charge in [-0.3, -0.25) is 0 Å². The molecule has 0 aliphatic carbocycles. The van der Waals surface area contributed by atoms with Crippen LogP contribution in [0.4, 0.5) is 0 Å². The molecule has 2 aromatic carbocycles. The molecular formula is C16H15NO4S2. The number of aryl methyl sites for hydroxylation is 1. The zero-order valence-electron chi connectivity index (χ0n) is 12.3. The van der Waals surface area contributed by atoms with Gasteiger partial charge < -0.3 is 4.74 Å². The van der Waals surface area contributed by atoms with Crippen LogP contribution in [-0.4, -0.2) is 25.0 Å². The predicted molar refractivity (Wildman–Crippen MR) is 86.7 cm³/mol. The fraction of sp³-hybridized carbons (Fsp3) is 0.250. The molecule has 1 atom stereocenters. The van der Waals surface area contributed by atoms with Crippen molar-refractivity contribution < 1.29 is 17.4 Å². The van der Waals surface area contributed by atoms with E-state index in [4.69, 9.17) is 4.74 Å². The molecule has 0 spiro atoms. The molecule has 2 aromatic rings. The second kappa shape index (κ2) is 5.07. The van der Waals surface area contributed by atoms with Gasteiger partial charge in [-0.1, -0.05) is 30.3 Å². The first-order valence-electron chi connectivity index (χ1n) is 7.33. The molecule has 1 unspecified atom stereocenters. The second-order valence-electron chi connectivity index (χ2n) is 5.59. The van der Waals surface area contributed by atoms with Crippen LogP contribution in [0.3, 0.4) is 0 Å². The maximum absolute atomic E-state index is 13.1. The molecule has 0 bridgehead atoms. The molecule has 2 aliphatic rings. The maximum Gasteiger partial charge on any atom is 0.294 e. The molecule has 0 radical (unpaired) electrons. The summed E-state index contributed by atoms with van der Waals surface area (Å²) in [7, 11) is -7.00. The lowest BCUT2D eigenvalue weighted by Gasteiger charge is -2.08. The van der Waals surface area contributed by atoms with E-state index in [9.17, 15) is 12.6 Å². The minimum absolute atomic E-state index is 0.0135. The highest BCUT2D eigenvalue weighted by Gasteiger charge is 2.30. The number of nitrogens with zero attached hydrogens (tertiary/aromatic N) is 1. The average Bonchev–Trinajstić information content (AvgIpc) is 3.12. The zero-order valence-corrected chi connectivity index (χ0v) is 13.9. The highest BCUT2D eigenvalue weighted by Crippen LogP contribution is 2.36. The lowest BCUT2D eigenvalue weighted by Crippen LogP contribution is -2.07. The fourth-order valence-electron chi connectivity index (χ4n) is 3.04. The average molecular weight is 349 g/mol. The van der Waals surface area contributed by atoms with Crippen molar-refractivity contribution in [2.24, 2.45) is 3.77 Å². The van der Waals surface area contributed by atoms with Crippen LogP contribution in [0.25, 0.3) is 0 Å². The summed E-state index contributed by atoms with van der Waals surface area (Å²) in [5.41, 5.74) is 1.76. The molecule has 2 aliphatic heterocycles. The molecule has 0 saturated carbocycles. The van der Waals surface area contributed by atoms with E-state index in [2.05, 4.69) is 3.77 Å². The Hall–Kier alpha value is -1.86. The summed E-state index contributed by atoms with van der Waals surface area (Å²) in [6, 6.07) is 12.2. The molecular weight excluding hydrogens is 334 g/mol. The van der Waals surface area contributed by atoms with Crippen molar-refractivity contribution in [3.63, 3.8) is 0 Å². The van der Waals surface area contributed by atoms with Crippen molar-refractivity contribution in [2.45, 2.75) is 22.6 Å². The number of sulfonamides is 1. The lowest BCUT2D eigenvalue weighted by atomic mass is 10.2. The van der Waals surface area contributed by atoms with Crippen LogP contribution in [-0.2, 0) is 32.6 Å². The zero-order chi connectivity index (χ0) is 16.1. The Balaban J connectivity index is 1.89. The highest BCUT2D eigenvalue weighted by atomic mass is 32.3. The summed E-state index contributed by atoms with van der Waals surface area (Å²) in [6.45, 7) is 0.458. The molecule has 0 amide bonds. The summed E-state index contributed by atoms with van der Waals surface area (Å²) in [5.74, 6) is 0.590. The summed E-state index contributed by atoms with van der Waals surface area (Å²) in [6.07, 6.45) is 1.26. The van der Waals surface area contributed by atoms with Crippen LogP contribution >= 0.6 is 0 Å². The Labute approximate surface area is 135 Å². The topological polar surface area (TPSA) is 72.8 Å². The molecule has 0 N–H and O–H groups in total. The van der Waals surface area contributed by atoms with E-state index in [1.807, 2.05) is 18.2 Å². The summed E-state index contributed by atoms with van der Waals surface area (Å²) in [4.78, 5) is 0.552. The van der Waals surface area contributed by atoms with Crippen LogP contribution in [0.15, 0.2) is 56.0 Å². The fourth-order valence-corrected chi connectivity index (χ4v) is 7.51. The van der Waals surface area contributed by atoms with Gasteiger partial charge in [0.15, 0.2) is 0 Å². The number of fused-ring (bicyclic) bond motifs is 2. The third-order valence-corrected chi connectivity index (χ3v) is 8.61. The Morgan fingerprint density at radius 2 is 1.78 bits per heavy atom. The first-order chi connectivity index (χ1) is 11.0. The summed E-state index contributed by atoms with van der Waals surface area (Å²) >= 11 is 0. The Bertz CT molecular complexity index is 1020. The number of rotatable bonds is 2. The molecule has 120 valence electrons. The quantitative estimate of drug-likeness (QED) is 0.834. The van der Waals surface area contributed by atoms with Gasteiger partial charge in [-0.25, -0.2) is 4.21 Å². The van der Waals surface area contributed by atoms with E-state index in [1.54, 1.807) is 18.2 Å². The third-order valence-electron chi connectivity index (χ3n) is 4.14. The van der Waals surface area contributed by atoms with Crippen molar-refractivity contribution in [2.75, 3.05) is 12.4 Å². The van der Waals surface area contributed by atoms with Gasteiger partial charge in [0.25, 0.3) is 10.0 Å². The van der Waals surface area contributed by atoms with Gasteiger partial charge in [0.2, 0.25) is 0 Å². The first kappa shape index (κ1) is 14.7. The van der Waals surface area contributed by atoms with E-state index in [1.165, 1.54) is 6.07 Å². The largest absolute Gasteiger partial charge is 0.492 e. The predicted octanol–water partition coefficient (Wildman–Crippen LogP) is 2.39. The summed E-state index contributed by atoms with van der Waals surface area (Å²) in [5, 5.41) is 0. The van der Waals surface area contributed by atoms with Crippen molar-refractivity contribution in [1.29, 1.82) is 0 Å². The van der Waals surface area contributed by atoms with Crippen molar-refractivity contribution in [3.05, 3.63) is 53.6 Å². The molecule has 5 nitrogen and oxygen atoms in total. The van der Waals surface area contributed by atoms with Gasteiger partial charge in [0.05, 0.1) is 21.2 Å². The number of para-hydroxylation sites is 1. The van der Waals surface area contributed by atoms with Crippen LogP contribution in [0.1, 0.15) is 11.1 Å². The van der Waals surface area contributed by atoms with E-state index in [0.717, 1.165) is 11.1 Å². The molecule has 0 aromatic heterocycles. The highest BCUT2D eigenvalue weighted by molar-refractivity contribution is 8.03. The molecule has 7 heteroatoms. The van der Waals surface area contributed by atoms with E-state index in [0.29, 0.717) is 30.1 Å². The number of ether oxygens (including phenoxy) is 1.